The van der Waals surface area contributed by atoms with Crippen LogP contribution in [0.3, 0.4) is 0 Å². The molecule has 0 saturated heterocycles. The molecule has 0 rings (SSSR count). The molecule has 0 aliphatic heterocycles. The number of unbranched alkanes of at least 4 members (excludes halogenated alkanes) is 1. The molecule has 0 aromatic rings. The smallest absolute Gasteiger partial charge is 0.391 e. The van der Waals surface area contributed by atoms with E-state index < -0.39 is 42.5 Å². The lowest BCUT2D eigenvalue weighted by Gasteiger charge is -2.16. The molecule has 0 fully saturated rings. The van der Waals surface area contributed by atoms with Crippen molar-refractivity contribution in [3.05, 3.63) is 0 Å². The van der Waals surface area contributed by atoms with E-state index in [0.29, 0.717) is 13.0 Å². The maximum absolute atomic E-state index is 11.8. The molecular formula is C12H24F3N3O4. The van der Waals surface area contributed by atoms with Gasteiger partial charge in [-0.15, -0.1) is 0 Å². The first-order valence-electron chi connectivity index (χ1n) is 6.67. The maximum atomic E-state index is 11.8. The predicted molar refractivity (Wildman–Crippen MR) is 74.0 cm³/mol. The van der Waals surface area contributed by atoms with E-state index in [2.05, 4.69) is 0 Å². The van der Waals surface area contributed by atoms with Crippen LogP contribution in [0.4, 0.5) is 13.2 Å². The molecule has 132 valence electrons. The molecule has 0 aliphatic carbocycles. The fourth-order valence-electron chi connectivity index (χ4n) is 1.25. The van der Waals surface area contributed by atoms with Crippen LogP contribution in [0.25, 0.3) is 0 Å². The van der Waals surface area contributed by atoms with Crippen molar-refractivity contribution in [2.75, 3.05) is 6.54 Å². The van der Waals surface area contributed by atoms with Crippen LogP contribution < -0.4 is 17.2 Å². The summed E-state index contributed by atoms with van der Waals surface area (Å²) in [6.45, 7) is 1.51. The number of alkyl halides is 3. The lowest BCUT2D eigenvalue weighted by molar-refractivity contribution is -0.173. The van der Waals surface area contributed by atoms with Gasteiger partial charge in [0.15, 0.2) is 0 Å². The average molecular weight is 331 g/mol. The number of carboxylic acids is 2. The van der Waals surface area contributed by atoms with Crippen LogP contribution in [0, 0.1) is 5.92 Å². The van der Waals surface area contributed by atoms with Crippen LogP contribution in [0.2, 0.25) is 0 Å². The Morgan fingerprint density at radius 2 is 1.50 bits per heavy atom. The number of hydrogen-bond acceptors (Lipinski definition) is 5. The molecule has 22 heavy (non-hydrogen) atoms. The first-order chi connectivity index (χ1) is 9.93. The van der Waals surface area contributed by atoms with Crippen molar-refractivity contribution in [1.82, 2.24) is 0 Å². The number of aliphatic carboxylic acids is 2. The molecule has 0 amide bonds. The Hall–Kier alpha value is -1.39. The monoisotopic (exact) mass is 331 g/mol. The summed E-state index contributed by atoms with van der Waals surface area (Å²) >= 11 is 0. The second kappa shape index (κ2) is 11.2. The highest BCUT2D eigenvalue weighted by atomic mass is 19.4. The number of carboxylic acid groups (broad SMARTS) is 2. The summed E-state index contributed by atoms with van der Waals surface area (Å²) in [5.41, 5.74) is 15.3. The standard InChI is InChI=1S/C6H10F3NO2.C6H14N2O2/c1-3(6(7,8)9)2-4(10)5(11)12;7-4-2-1-3-5(8)6(9)10/h3-4H,2,10H2,1H3,(H,11,12);5H,1-4,7-8H2,(H,9,10). The summed E-state index contributed by atoms with van der Waals surface area (Å²) in [6, 6.07) is -2.16. The van der Waals surface area contributed by atoms with Crippen LogP contribution in [0.15, 0.2) is 0 Å². The summed E-state index contributed by atoms with van der Waals surface area (Å²) in [6.07, 6.45) is -2.79. The molecule has 10 heteroatoms. The van der Waals surface area contributed by atoms with Gasteiger partial charge in [0.1, 0.15) is 12.1 Å². The predicted octanol–water partition coefficient (Wildman–Crippen LogP) is 0.514. The largest absolute Gasteiger partial charge is 0.480 e. The molecule has 0 saturated carbocycles. The minimum Gasteiger partial charge on any atom is -0.480 e. The number of carbonyl (C=O) groups is 2. The maximum Gasteiger partial charge on any atom is 0.391 e. The number of nitrogens with two attached hydrogens (primary N) is 3. The highest BCUT2D eigenvalue weighted by Crippen LogP contribution is 2.28. The van der Waals surface area contributed by atoms with Gasteiger partial charge in [-0.3, -0.25) is 9.59 Å². The molecule has 0 spiro atoms. The van der Waals surface area contributed by atoms with Gasteiger partial charge in [0.25, 0.3) is 0 Å². The Bertz CT molecular complexity index is 340. The first kappa shape index (κ1) is 22.9. The van der Waals surface area contributed by atoms with Gasteiger partial charge in [-0.25, -0.2) is 0 Å². The van der Waals surface area contributed by atoms with E-state index in [1.807, 2.05) is 0 Å². The van der Waals surface area contributed by atoms with Crippen molar-refractivity contribution in [1.29, 1.82) is 0 Å². The molecule has 0 bridgehead atoms. The van der Waals surface area contributed by atoms with E-state index in [9.17, 15) is 22.8 Å². The molecule has 3 unspecified atom stereocenters. The van der Waals surface area contributed by atoms with E-state index in [1.54, 1.807) is 0 Å². The van der Waals surface area contributed by atoms with Crippen molar-refractivity contribution >= 4 is 11.9 Å². The van der Waals surface area contributed by atoms with Gasteiger partial charge in [-0.2, -0.15) is 13.2 Å². The molecule has 3 atom stereocenters. The second-order valence-electron chi connectivity index (χ2n) is 4.85. The molecule has 0 aliphatic rings. The molecule has 7 nitrogen and oxygen atoms in total. The van der Waals surface area contributed by atoms with E-state index in [0.717, 1.165) is 19.8 Å². The zero-order valence-corrected chi connectivity index (χ0v) is 12.3. The summed E-state index contributed by atoms with van der Waals surface area (Å²) in [5.74, 6) is -4.02. The first-order valence-corrected chi connectivity index (χ1v) is 6.67. The van der Waals surface area contributed by atoms with Gasteiger partial charge in [0, 0.05) is 0 Å². The van der Waals surface area contributed by atoms with Gasteiger partial charge in [0.05, 0.1) is 5.92 Å². The van der Waals surface area contributed by atoms with Crippen molar-refractivity contribution < 1.29 is 33.0 Å². The minimum atomic E-state index is -4.37. The van der Waals surface area contributed by atoms with Crippen LogP contribution in [0.1, 0.15) is 32.6 Å². The molecule has 0 aromatic heterocycles. The van der Waals surface area contributed by atoms with E-state index in [-0.39, 0.29) is 0 Å². The van der Waals surface area contributed by atoms with Gasteiger partial charge in [-0.1, -0.05) is 13.3 Å². The highest BCUT2D eigenvalue weighted by Gasteiger charge is 2.37. The Morgan fingerprint density at radius 1 is 1.05 bits per heavy atom. The van der Waals surface area contributed by atoms with Crippen molar-refractivity contribution in [3.63, 3.8) is 0 Å². The summed E-state index contributed by atoms with van der Waals surface area (Å²) < 4.78 is 35.5. The van der Waals surface area contributed by atoms with Gasteiger partial charge in [-0.05, 0) is 25.8 Å². The topological polar surface area (TPSA) is 153 Å². The van der Waals surface area contributed by atoms with Crippen LogP contribution in [-0.2, 0) is 9.59 Å². The van der Waals surface area contributed by atoms with Crippen molar-refractivity contribution in [2.24, 2.45) is 23.1 Å². The zero-order chi connectivity index (χ0) is 17.9. The van der Waals surface area contributed by atoms with Crippen LogP contribution >= 0.6 is 0 Å². The minimum absolute atomic E-state index is 0.520. The Morgan fingerprint density at radius 3 is 1.82 bits per heavy atom. The molecule has 0 radical (unpaired) electrons. The quantitative estimate of drug-likeness (QED) is 0.406. The third kappa shape index (κ3) is 12.4. The molecule has 0 heterocycles. The van der Waals surface area contributed by atoms with Gasteiger partial charge in [0.2, 0.25) is 0 Å². The number of hydrogen-bond donors (Lipinski definition) is 5. The third-order valence-electron chi connectivity index (χ3n) is 2.77. The normalized spacial score (nSPS) is 15.2. The van der Waals surface area contributed by atoms with Crippen molar-refractivity contribution in [3.8, 4) is 0 Å². The Labute approximate surface area is 126 Å². The zero-order valence-electron chi connectivity index (χ0n) is 12.3. The summed E-state index contributed by atoms with van der Waals surface area (Å²) in [4.78, 5) is 20.2. The highest BCUT2D eigenvalue weighted by molar-refractivity contribution is 5.73. The van der Waals surface area contributed by atoms with Crippen LogP contribution in [0.5, 0.6) is 0 Å². The lowest BCUT2D eigenvalue weighted by Crippen LogP contribution is -2.35. The van der Waals surface area contributed by atoms with E-state index >= 15 is 0 Å². The molecule has 8 N–H and O–H groups in total. The number of rotatable bonds is 8. The third-order valence-corrected chi connectivity index (χ3v) is 2.77. The molecular weight excluding hydrogens is 307 g/mol. The van der Waals surface area contributed by atoms with Gasteiger partial charge >= 0.3 is 18.1 Å². The fraction of sp³-hybridized carbons (Fsp3) is 0.833. The molecule has 0 aromatic carbocycles. The van der Waals surface area contributed by atoms with E-state index in [4.69, 9.17) is 27.4 Å². The van der Waals surface area contributed by atoms with E-state index in [1.165, 1.54) is 0 Å². The summed E-state index contributed by atoms with van der Waals surface area (Å²) in [5, 5.41) is 16.5. The van der Waals surface area contributed by atoms with Crippen molar-refractivity contribution in [2.45, 2.75) is 50.9 Å². The SMILES string of the molecule is CC(CC(N)C(=O)O)C(F)(F)F.NCCCCC(N)C(=O)O. The second-order valence-corrected chi connectivity index (χ2v) is 4.85. The lowest BCUT2D eigenvalue weighted by atomic mass is 10.0. The number of halogens is 3. The average Bonchev–Trinajstić information content (AvgIpc) is 2.38. The Kier molecular flexibility index (Phi) is 11.7. The Balaban J connectivity index is 0. The fourth-order valence-corrected chi connectivity index (χ4v) is 1.25. The summed E-state index contributed by atoms with van der Waals surface area (Å²) in [7, 11) is 0. The van der Waals surface area contributed by atoms with Crippen LogP contribution in [-0.4, -0.2) is 47.0 Å². The van der Waals surface area contributed by atoms with Gasteiger partial charge < -0.3 is 27.4 Å².